The van der Waals surface area contributed by atoms with Crippen molar-refractivity contribution in [3.05, 3.63) is 54.6 Å². The molecule has 1 unspecified atom stereocenters. The zero-order valence-corrected chi connectivity index (χ0v) is 17.2. The van der Waals surface area contributed by atoms with Crippen molar-refractivity contribution in [3.8, 4) is 11.5 Å². The molecule has 0 heterocycles. The summed E-state index contributed by atoms with van der Waals surface area (Å²) in [6, 6.07) is 16.1. The van der Waals surface area contributed by atoms with Crippen LogP contribution in [0.2, 0.25) is 0 Å². The Kier molecular flexibility index (Phi) is 8.03. The summed E-state index contributed by atoms with van der Waals surface area (Å²) in [5, 5.41) is 8.46. The zero-order valence-electron chi connectivity index (χ0n) is 17.2. The lowest BCUT2D eigenvalue weighted by Crippen LogP contribution is -2.51. The van der Waals surface area contributed by atoms with Gasteiger partial charge in [0.15, 0.2) is 0 Å². The van der Waals surface area contributed by atoms with Gasteiger partial charge in [0.05, 0.1) is 0 Å². The van der Waals surface area contributed by atoms with Crippen molar-refractivity contribution < 1.29 is 14.3 Å². The second kappa shape index (κ2) is 10.5. The minimum Gasteiger partial charge on any atom is -0.457 e. The second-order valence-electron chi connectivity index (χ2n) is 7.81. The van der Waals surface area contributed by atoms with E-state index in [0.29, 0.717) is 17.9 Å². The molecule has 156 valence electrons. The Morgan fingerprint density at radius 2 is 1.62 bits per heavy atom. The largest absolute Gasteiger partial charge is 0.457 e. The van der Waals surface area contributed by atoms with Crippen molar-refractivity contribution in [2.24, 2.45) is 5.73 Å². The summed E-state index contributed by atoms with van der Waals surface area (Å²) in [4.78, 5) is 24.1. The van der Waals surface area contributed by atoms with Gasteiger partial charge in [-0.2, -0.15) is 0 Å². The highest BCUT2D eigenvalue weighted by Crippen LogP contribution is 2.22. The number of nitrogens with two attached hydrogens (primary N) is 1. The van der Waals surface area contributed by atoms with Crippen molar-refractivity contribution in [2.75, 3.05) is 11.9 Å². The maximum atomic E-state index is 12.2. The molecule has 0 bridgehead atoms. The molecule has 5 N–H and O–H groups in total. The summed E-state index contributed by atoms with van der Waals surface area (Å²) in [5.41, 5.74) is 6.06. The molecule has 0 spiro atoms. The molecule has 3 amide bonds. The molecule has 2 aromatic carbocycles. The topological polar surface area (TPSA) is 105 Å². The number of carbonyl (C=O) groups is 2. The first-order valence-corrected chi connectivity index (χ1v) is 9.67. The Morgan fingerprint density at radius 3 is 2.21 bits per heavy atom. The van der Waals surface area contributed by atoms with Crippen LogP contribution in [0.3, 0.4) is 0 Å². The van der Waals surface area contributed by atoms with Crippen LogP contribution in [0.25, 0.3) is 0 Å². The standard InChI is InChI=1S/C22H30N4O3/c1-22(2,3)26-21(28)25-17(15-23)11-14-20(27)24-16-9-12-19(13-10-16)29-18-7-5-4-6-8-18/h4-10,12-13,17H,11,14-15,23H2,1-3H3,(H,24,27)(H2,25,26,28). The molecule has 7 nitrogen and oxygen atoms in total. The van der Waals surface area contributed by atoms with Gasteiger partial charge in [0.1, 0.15) is 11.5 Å². The Bertz CT molecular complexity index is 786. The van der Waals surface area contributed by atoms with Gasteiger partial charge in [-0.05, 0) is 63.6 Å². The van der Waals surface area contributed by atoms with Gasteiger partial charge < -0.3 is 26.4 Å². The van der Waals surface area contributed by atoms with Crippen LogP contribution in [0.4, 0.5) is 10.5 Å². The van der Waals surface area contributed by atoms with Gasteiger partial charge in [-0.1, -0.05) is 18.2 Å². The van der Waals surface area contributed by atoms with Crippen LogP contribution >= 0.6 is 0 Å². The number of hydrogen-bond acceptors (Lipinski definition) is 4. The number of anilines is 1. The lowest BCUT2D eigenvalue weighted by atomic mass is 10.1. The Balaban J connectivity index is 1.78. The van der Waals surface area contributed by atoms with E-state index in [0.717, 1.165) is 5.75 Å². The van der Waals surface area contributed by atoms with Crippen LogP contribution in [0, 0.1) is 0 Å². The molecule has 7 heteroatoms. The molecule has 0 aliphatic rings. The van der Waals surface area contributed by atoms with Gasteiger partial charge in [-0.25, -0.2) is 4.79 Å². The van der Waals surface area contributed by atoms with Crippen molar-refractivity contribution in [1.29, 1.82) is 0 Å². The quantitative estimate of drug-likeness (QED) is 0.545. The van der Waals surface area contributed by atoms with Gasteiger partial charge in [-0.15, -0.1) is 0 Å². The van der Waals surface area contributed by atoms with Crippen molar-refractivity contribution >= 4 is 17.6 Å². The first kappa shape index (κ1) is 22.2. The van der Waals surface area contributed by atoms with Crippen LogP contribution < -0.4 is 26.4 Å². The van der Waals surface area contributed by atoms with Crippen LogP contribution in [0.15, 0.2) is 54.6 Å². The van der Waals surface area contributed by atoms with Gasteiger partial charge in [0, 0.05) is 30.2 Å². The van der Waals surface area contributed by atoms with E-state index < -0.39 is 0 Å². The normalized spacial score (nSPS) is 12.0. The van der Waals surface area contributed by atoms with Crippen molar-refractivity contribution in [1.82, 2.24) is 10.6 Å². The van der Waals surface area contributed by atoms with E-state index in [1.54, 1.807) is 24.3 Å². The molecule has 0 saturated carbocycles. The molecule has 2 rings (SSSR count). The van der Waals surface area contributed by atoms with Crippen LogP contribution in [-0.2, 0) is 4.79 Å². The van der Waals surface area contributed by atoms with E-state index >= 15 is 0 Å². The summed E-state index contributed by atoms with van der Waals surface area (Å²) in [5.74, 6) is 1.30. The minimum atomic E-state index is -0.336. The highest BCUT2D eigenvalue weighted by atomic mass is 16.5. The summed E-state index contributed by atoms with van der Waals surface area (Å²) >= 11 is 0. The predicted molar refractivity (Wildman–Crippen MR) is 115 cm³/mol. The van der Waals surface area contributed by atoms with E-state index in [9.17, 15) is 9.59 Å². The number of nitrogens with one attached hydrogen (secondary N) is 3. The fraction of sp³-hybridized carbons (Fsp3) is 0.364. The number of hydrogen-bond donors (Lipinski definition) is 4. The number of amides is 3. The summed E-state index contributed by atoms with van der Waals surface area (Å²) in [6.07, 6.45) is 0.703. The molecule has 0 saturated heterocycles. The number of urea groups is 1. The summed E-state index contributed by atoms with van der Waals surface area (Å²) < 4.78 is 5.73. The molecular weight excluding hydrogens is 368 g/mol. The van der Waals surface area contributed by atoms with Gasteiger partial charge in [-0.3, -0.25) is 4.79 Å². The van der Waals surface area contributed by atoms with Gasteiger partial charge in [0.2, 0.25) is 5.91 Å². The molecule has 2 aromatic rings. The lowest BCUT2D eigenvalue weighted by molar-refractivity contribution is -0.116. The van der Waals surface area contributed by atoms with E-state index in [1.807, 2.05) is 51.1 Å². The maximum absolute atomic E-state index is 12.2. The third-order valence-corrected chi connectivity index (χ3v) is 3.95. The monoisotopic (exact) mass is 398 g/mol. The molecule has 0 aliphatic carbocycles. The SMILES string of the molecule is CC(C)(C)NC(=O)NC(CN)CCC(=O)Nc1ccc(Oc2ccccc2)cc1. The molecule has 0 aromatic heterocycles. The second-order valence-corrected chi connectivity index (χ2v) is 7.81. The van der Waals surface area contributed by atoms with E-state index in [1.165, 1.54) is 0 Å². The minimum absolute atomic E-state index is 0.141. The molecule has 0 fully saturated rings. The Morgan fingerprint density at radius 1 is 1.00 bits per heavy atom. The van der Waals surface area contributed by atoms with Crippen LogP contribution in [-0.4, -0.2) is 30.1 Å². The smallest absolute Gasteiger partial charge is 0.315 e. The fourth-order valence-electron chi connectivity index (χ4n) is 2.57. The number of para-hydroxylation sites is 1. The fourth-order valence-corrected chi connectivity index (χ4v) is 2.57. The number of rotatable bonds is 8. The van der Waals surface area contributed by atoms with Gasteiger partial charge in [0.25, 0.3) is 0 Å². The molecular formula is C22H30N4O3. The highest BCUT2D eigenvalue weighted by molar-refractivity contribution is 5.90. The predicted octanol–water partition coefficient (Wildman–Crippen LogP) is 3.62. The van der Waals surface area contributed by atoms with E-state index in [-0.39, 0.29) is 36.5 Å². The highest BCUT2D eigenvalue weighted by Gasteiger charge is 2.17. The molecule has 29 heavy (non-hydrogen) atoms. The Hall–Kier alpha value is -3.06. The molecule has 1 atom stereocenters. The Labute approximate surface area is 172 Å². The molecule has 0 radical (unpaired) electrons. The third-order valence-electron chi connectivity index (χ3n) is 3.95. The van der Waals surface area contributed by atoms with Gasteiger partial charge >= 0.3 is 6.03 Å². The number of carbonyl (C=O) groups excluding carboxylic acids is 2. The molecule has 0 aliphatic heterocycles. The van der Waals surface area contributed by atoms with Crippen LogP contribution in [0.1, 0.15) is 33.6 Å². The average molecular weight is 399 g/mol. The maximum Gasteiger partial charge on any atom is 0.315 e. The summed E-state index contributed by atoms with van der Waals surface area (Å²) in [7, 11) is 0. The number of ether oxygens (including phenoxy) is 1. The van der Waals surface area contributed by atoms with E-state index in [4.69, 9.17) is 10.5 Å². The van der Waals surface area contributed by atoms with Crippen molar-refractivity contribution in [3.63, 3.8) is 0 Å². The number of benzene rings is 2. The average Bonchev–Trinajstić information content (AvgIpc) is 2.66. The van der Waals surface area contributed by atoms with Crippen molar-refractivity contribution in [2.45, 2.75) is 45.2 Å². The van der Waals surface area contributed by atoms with E-state index in [2.05, 4.69) is 16.0 Å². The first-order valence-electron chi connectivity index (χ1n) is 9.67. The van der Waals surface area contributed by atoms with Crippen LogP contribution in [0.5, 0.6) is 11.5 Å². The summed E-state index contributed by atoms with van der Waals surface area (Å²) in [6.45, 7) is 5.95. The third kappa shape index (κ3) is 8.66. The first-order chi connectivity index (χ1) is 13.7. The lowest BCUT2D eigenvalue weighted by Gasteiger charge is -2.23. The zero-order chi connectivity index (χ0) is 21.3.